The molecule has 8 nitrogen and oxygen atoms in total. The van der Waals surface area contributed by atoms with Crippen LogP contribution in [0.1, 0.15) is 41.8 Å². The first kappa shape index (κ1) is 21.3. The minimum Gasteiger partial charge on any atom is -0.497 e. The van der Waals surface area contributed by atoms with Gasteiger partial charge in [0.25, 0.3) is 5.91 Å². The molecule has 2 aromatic carbocycles. The predicted molar refractivity (Wildman–Crippen MR) is 118 cm³/mol. The maximum Gasteiger partial charge on any atom is 0.274 e. The summed E-state index contributed by atoms with van der Waals surface area (Å²) in [5.74, 6) is 1.65. The molecule has 0 aliphatic carbocycles. The molecule has 32 heavy (non-hydrogen) atoms. The topological polar surface area (TPSA) is 103 Å². The Morgan fingerprint density at radius 2 is 1.66 bits per heavy atom. The number of methoxy groups -OCH3 is 1. The second kappa shape index (κ2) is 9.05. The van der Waals surface area contributed by atoms with E-state index in [9.17, 15) is 4.79 Å². The van der Waals surface area contributed by atoms with Gasteiger partial charge in [-0.25, -0.2) is 0 Å². The molecule has 4 rings (SSSR count). The lowest BCUT2D eigenvalue weighted by atomic mass is 10.0. The lowest BCUT2D eigenvalue weighted by Gasteiger charge is -2.17. The van der Waals surface area contributed by atoms with Gasteiger partial charge in [0.15, 0.2) is 11.5 Å². The third-order valence-electron chi connectivity index (χ3n) is 5.09. The average molecular weight is 432 g/mol. The second-order valence-electron chi connectivity index (χ2n) is 7.82. The zero-order chi connectivity index (χ0) is 22.7. The number of amides is 1. The number of carbonyl (C=O) groups excluding carboxylic acids is 1. The molecule has 4 aromatic rings. The molecule has 164 valence electrons. The first-order valence-electron chi connectivity index (χ1n) is 10.3. The number of aromatic nitrogens is 3. The first-order chi connectivity index (χ1) is 15.4. The molecule has 0 aliphatic heterocycles. The van der Waals surface area contributed by atoms with Crippen LogP contribution in [-0.4, -0.2) is 28.3 Å². The Morgan fingerprint density at radius 1 is 0.969 bits per heavy atom. The normalized spacial score (nSPS) is 12.0. The molecule has 0 saturated carbocycles. The molecule has 2 aromatic heterocycles. The van der Waals surface area contributed by atoms with Gasteiger partial charge in [0.1, 0.15) is 11.8 Å². The van der Waals surface area contributed by atoms with Gasteiger partial charge in [0, 0.05) is 17.2 Å². The minimum atomic E-state index is -0.485. The van der Waals surface area contributed by atoms with Crippen molar-refractivity contribution in [3.8, 4) is 28.5 Å². The van der Waals surface area contributed by atoms with Gasteiger partial charge in [-0.15, -0.1) is 0 Å². The number of carbonyl (C=O) groups is 1. The Morgan fingerprint density at radius 3 is 2.31 bits per heavy atom. The van der Waals surface area contributed by atoms with E-state index in [4.69, 9.17) is 13.8 Å². The quantitative estimate of drug-likeness (QED) is 0.446. The summed E-state index contributed by atoms with van der Waals surface area (Å²) in [5.41, 5.74) is 2.96. The van der Waals surface area contributed by atoms with Crippen LogP contribution in [0.25, 0.3) is 22.7 Å². The third kappa shape index (κ3) is 4.54. The van der Waals surface area contributed by atoms with Crippen LogP contribution in [0, 0.1) is 12.8 Å². The molecule has 0 unspecified atom stereocenters. The fraction of sp³-hybridized carbons (Fsp3) is 0.250. The van der Waals surface area contributed by atoms with Crippen molar-refractivity contribution in [1.29, 1.82) is 0 Å². The monoisotopic (exact) mass is 432 g/mol. The molecule has 0 aliphatic rings. The molecule has 0 bridgehead atoms. The molecule has 1 atom stereocenters. The molecule has 8 heteroatoms. The van der Waals surface area contributed by atoms with E-state index in [0.717, 1.165) is 22.4 Å². The van der Waals surface area contributed by atoms with E-state index < -0.39 is 6.04 Å². The van der Waals surface area contributed by atoms with Crippen molar-refractivity contribution in [2.45, 2.75) is 26.8 Å². The molecule has 2 heterocycles. The minimum absolute atomic E-state index is 0.00610. The van der Waals surface area contributed by atoms with Crippen LogP contribution in [-0.2, 0) is 0 Å². The van der Waals surface area contributed by atoms with E-state index in [1.54, 1.807) is 13.2 Å². The second-order valence-corrected chi connectivity index (χ2v) is 7.82. The van der Waals surface area contributed by atoms with Gasteiger partial charge in [0.2, 0.25) is 11.7 Å². The van der Waals surface area contributed by atoms with Gasteiger partial charge < -0.3 is 19.1 Å². The van der Waals surface area contributed by atoms with E-state index in [1.807, 2.05) is 69.3 Å². The van der Waals surface area contributed by atoms with Crippen LogP contribution in [0.3, 0.4) is 0 Å². The van der Waals surface area contributed by atoms with Crippen molar-refractivity contribution in [2.75, 3.05) is 7.11 Å². The summed E-state index contributed by atoms with van der Waals surface area (Å²) in [6.45, 7) is 5.93. The number of rotatable bonds is 7. The third-order valence-corrected chi connectivity index (χ3v) is 5.09. The Kier molecular flexibility index (Phi) is 6.02. The molecule has 0 radical (unpaired) electrons. The zero-order valence-electron chi connectivity index (χ0n) is 18.3. The molecular weight excluding hydrogens is 408 g/mol. The van der Waals surface area contributed by atoms with Crippen LogP contribution in [0.2, 0.25) is 0 Å². The summed E-state index contributed by atoms with van der Waals surface area (Å²) in [6, 6.07) is 16.3. The number of aryl methyl sites for hydroxylation is 1. The highest BCUT2D eigenvalue weighted by atomic mass is 16.5. The lowest BCUT2D eigenvalue weighted by molar-refractivity contribution is 0.0904. The highest BCUT2D eigenvalue weighted by Gasteiger charge is 2.26. The predicted octanol–water partition coefficient (Wildman–Crippen LogP) is 4.84. The molecule has 0 fully saturated rings. The molecular formula is C24H24N4O4. The summed E-state index contributed by atoms with van der Waals surface area (Å²) in [4.78, 5) is 17.3. The number of nitrogens with one attached hydrogen (secondary N) is 1. The van der Waals surface area contributed by atoms with E-state index in [1.165, 1.54) is 0 Å². The van der Waals surface area contributed by atoms with Crippen molar-refractivity contribution >= 4 is 5.91 Å². The Balaban J connectivity index is 1.51. The van der Waals surface area contributed by atoms with Crippen LogP contribution in [0.4, 0.5) is 0 Å². The van der Waals surface area contributed by atoms with Crippen LogP contribution in [0.15, 0.2) is 63.6 Å². The first-order valence-corrected chi connectivity index (χ1v) is 10.3. The molecule has 1 amide bonds. The summed E-state index contributed by atoms with van der Waals surface area (Å²) in [7, 11) is 1.61. The molecule has 0 saturated heterocycles. The smallest absolute Gasteiger partial charge is 0.274 e. The van der Waals surface area contributed by atoms with E-state index in [2.05, 4.69) is 20.6 Å². The van der Waals surface area contributed by atoms with Crippen molar-refractivity contribution in [3.05, 3.63) is 71.7 Å². The highest BCUT2D eigenvalue weighted by molar-refractivity contribution is 5.93. The Hall–Kier alpha value is -3.94. The van der Waals surface area contributed by atoms with E-state index in [0.29, 0.717) is 17.5 Å². The van der Waals surface area contributed by atoms with Crippen molar-refractivity contribution in [2.24, 2.45) is 5.92 Å². The number of hydrogen-bond acceptors (Lipinski definition) is 7. The average Bonchev–Trinajstić information content (AvgIpc) is 3.48. The maximum atomic E-state index is 12.8. The van der Waals surface area contributed by atoms with E-state index in [-0.39, 0.29) is 17.5 Å². The number of hydrogen-bond donors (Lipinski definition) is 1. The summed E-state index contributed by atoms with van der Waals surface area (Å²) < 4.78 is 16.0. The van der Waals surface area contributed by atoms with Gasteiger partial charge in [-0.2, -0.15) is 4.98 Å². The van der Waals surface area contributed by atoms with Crippen LogP contribution >= 0.6 is 0 Å². The standard InChI is InChI=1S/C24H24N4O4/c1-14(2)21(24-26-22(28-32-24)17-9-11-18(30-4)12-10-17)25-23(29)19-13-20(31-27-19)16-7-5-15(3)6-8-16/h5-14,21H,1-4H3,(H,25,29)/t21-/m0/s1. The lowest BCUT2D eigenvalue weighted by Crippen LogP contribution is -2.32. The summed E-state index contributed by atoms with van der Waals surface area (Å²) in [6.07, 6.45) is 0. The number of nitrogens with zero attached hydrogens (tertiary/aromatic N) is 3. The largest absolute Gasteiger partial charge is 0.497 e. The number of ether oxygens (including phenoxy) is 1. The van der Waals surface area contributed by atoms with Gasteiger partial charge in [0.05, 0.1) is 7.11 Å². The van der Waals surface area contributed by atoms with Gasteiger partial charge in [-0.05, 0) is 37.1 Å². The van der Waals surface area contributed by atoms with E-state index >= 15 is 0 Å². The van der Waals surface area contributed by atoms with Gasteiger partial charge in [-0.1, -0.05) is 54.0 Å². The Labute approximate surface area is 185 Å². The van der Waals surface area contributed by atoms with Gasteiger partial charge >= 0.3 is 0 Å². The number of benzene rings is 2. The fourth-order valence-corrected chi connectivity index (χ4v) is 3.18. The molecule has 0 spiro atoms. The zero-order valence-corrected chi connectivity index (χ0v) is 18.3. The van der Waals surface area contributed by atoms with Crippen molar-refractivity contribution < 1.29 is 18.6 Å². The Bertz CT molecular complexity index is 1190. The summed E-state index contributed by atoms with van der Waals surface area (Å²) >= 11 is 0. The molecule has 1 N–H and O–H groups in total. The maximum absolute atomic E-state index is 12.8. The SMILES string of the molecule is COc1ccc(-c2noc([C@@H](NC(=O)c3cc(-c4ccc(C)cc4)on3)C(C)C)n2)cc1. The highest BCUT2D eigenvalue weighted by Crippen LogP contribution is 2.26. The van der Waals surface area contributed by atoms with Crippen LogP contribution in [0.5, 0.6) is 5.75 Å². The van der Waals surface area contributed by atoms with Crippen molar-refractivity contribution in [1.82, 2.24) is 20.6 Å². The summed E-state index contributed by atoms with van der Waals surface area (Å²) in [5, 5.41) is 10.9. The fourth-order valence-electron chi connectivity index (χ4n) is 3.18. The van der Waals surface area contributed by atoms with Gasteiger partial charge in [-0.3, -0.25) is 4.79 Å². The van der Waals surface area contributed by atoms with Crippen LogP contribution < -0.4 is 10.1 Å². The van der Waals surface area contributed by atoms with Crippen molar-refractivity contribution in [3.63, 3.8) is 0 Å².